The molecule has 3 aromatic carbocycles. The first kappa shape index (κ1) is 25.5. The van der Waals surface area contributed by atoms with Crippen LogP contribution in [0.5, 0.6) is 11.5 Å². The Hall–Kier alpha value is -3.13. The van der Waals surface area contributed by atoms with Crippen molar-refractivity contribution in [1.82, 2.24) is 10.2 Å². The van der Waals surface area contributed by atoms with Crippen LogP contribution in [-0.2, 0) is 4.74 Å². The molecule has 2 aliphatic rings. The number of hydrogen-bond donors (Lipinski definition) is 1. The number of nitrogens with zero attached hydrogens (tertiary/aromatic N) is 2. The second kappa shape index (κ2) is 11.9. The average molecular weight is 524 g/mol. The highest BCUT2D eigenvalue weighted by molar-refractivity contribution is 6.30. The summed E-state index contributed by atoms with van der Waals surface area (Å²) in [6, 6.07) is 20.2. The lowest BCUT2D eigenvalue weighted by Crippen LogP contribution is -2.35. The van der Waals surface area contributed by atoms with E-state index in [1.54, 1.807) is 47.4 Å². The third-order valence-corrected chi connectivity index (χ3v) is 7.06. The van der Waals surface area contributed by atoms with Crippen LogP contribution in [0.2, 0.25) is 5.02 Å². The fourth-order valence-electron chi connectivity index (χ4n) is 5.00. The zero-order valence-corrected chi connectivity index (χ0v) is 21.4. The Morgan fingerprint density at radius 1 is 1.00 bits per heavy atom. The van der Waals surface area contributed by atoms with Gasteiger partial charge in [0.05, 0.1) is 0 Å². The predicted octanol–water partition coefficient (Wildman–Crippen LogP) is 6.41. The van der Waals surface area contributed by atoms with Crippen molar-refractivity contribution in [1.29, 1.82) is 0 Å². The zero-order valence-electron chi connectivity index (χ0n) is 20.6. The number of amides is 1. The lowest BCUT2D eigenvalue weighted by molar-refractivity contribution is 0.130. The van der Waals surface area contributed by atoms with Gasteiger partial charge in [0.25, 0.3) is 0 Å². The Labute approximate surface area is 221 Å². The Bertz CT molecular complexity index is 1190. The van der Waals surface area contributed by atoms with E-state index in [1.165, 1.54) is 38.1 Å². The standard InChI is InChI=1S/C29H31ClFN3O3/c30-22-7-11-25(12-8-22)36-26-13-9-24(10-14-26)34-28(21-5-3-6-23(31)19-21)27(37-29(34)35)20-32-15-4-18-33-16-1-2-17-33/h3,5-14,19,27-28,32H,1-2,4,15-18,20H2/t27-,28-/m0/s1. The number of ether oxygens (including phenoxy) is 2. The third kappa shape index (κ3) is 6.42. The second-order valence-electron chi connectivity index (χ2n) is 9.45. The van der Waals surface area contributed by atoms with Gasteiger partial charge in [-0.25, -0.2) is 9.18 Å². The molecule has 3 aromatic rings. The number of carbonyl (C=O) groups excluding carboxylic acids is 1. The molecule has 6 nitrogen and oxygen atoms in total. The van der Waals surface area contributed by atoms with E-state index in [-0.39, 0.29) is 5.82 Å². The molecule has 2 fully saturated rings. The molecule has 2 heterocycles. The highest BCUT2D eigenvalue weighted by Crippen LogP contribution is 2.38. The van der Waals surface area contributed by atoms with Gasteiger partial charge in [-0.1, -0.05) is 23.7 Å². The molecule has 2 saturated heterocycles. The van der Waals surface area contributed by atoms with Crippen molar-refractivity contribution in [3.05, 3.63) is 89.2 Å². The molecular weight excluding hydrogens is 493 g/mol. The Kier molecular flexibility index (Phi) is 8.24. The molecule has 0 radical (unpaired) electrons. The summed E-state index contributed by atoms with van der Waals surface area (Å²) in [5, 5.41) is 4.08. The largest absolute Gasteiger partial charge is 0.457 e. The molecule has 0 aliphatic carbocycles. The minimum absolute atomic E-state index is 0.346. The van der Waals surface area contributed by atoms with Crippen molar-refractivity contribution >= 4 is 23.4 Å². The maximum atomic E-state index is 14.2. The maximum Gasteiger partial charge on any atom is 0.415 e. The number of rotatable bonds is 10. The van der Waals surface area contributed by atoms with Crippen molar-refractivity contribution in [2.24, 2.45) is 0 Å². The normalized spacial score (nSPS) is 19.8. The molecule has 0 unspecified atom stereocenters. The molecule has 2 aliphatic heterocycles. The van der Waals surface area contributed by atoms with E-state index in [9.17, 15) is 9.18 Å². The van der Waals surface area contributed by atoms with Crippen LogP contribution in [0.25, 0.3) is 0 Å². The lowest BCUT2D eigenvalue weighted by Gasteiger charge is -2.25. The van der Waals surface area contributed by atoms with E-state index in [1.807, 2.05) is 18.2 Å². The van der Waals surface area contributed by atoms with Gasteiger partial charge >= 0.3 is 6.09 Å². The van der Waals surface area contributed by atoms with Gasteiger partial charge in [0.15, 0.2) is 0 Å². The molecule has 0 aromatic heterocycles. The summed E-state index contributed by atoms with van der Waals surface area (Å²) < 4.78 is 25.9. The van der Waals surface area contributed by atoms with Crippen LogP contribution >= 0.6 is 11.6 Å². The van der Waals surface area contributed by atoms with Gasteiger partial charge in [-0.3, -0.25) is 4.90 Å². The Balaban J connectivity index is 1.28. The summed E-state index contributed by atoms with van der Waals surface area (Å²) in [5.41, 5.74) is 1.34. The van der Waals surface area contributed by atoms with Crippen molar-refractivity contribution in [2.45, 2.75) is 31.4 Å². The molecular formula is C29H31ClFN3O3. The number of anilines is 1. The number of carbonyl (C=O) groups is 1. The average Bonchev–Trinajstić information content (AvgIpc) is 3.53. The Morgan fingerprint density at radius 3 is 2.41 bits per heavy atom. The monoisotopic (exact) mass is 523 g/mol. The van der Waals surface area contributed by atoms with Gasteiger partial charge < -0.3 is 19.7 Å². The van der Waals surface area contributed by atoms with Crippen molar-refractivity contribution in [3.63, 3.8) is 0 Å². The molecule has 0 spiro atoms. The van der Waals surface area contributed by atoms with Gasteiger partial charge in [-0.2, -0.15) is 0 Å². The van der Waals surface area contributed by atoms with Gasteiger partial charge in [0.1, 0.15) is 29.5 Å². The van der Waals surface area contributed by atoms with E-state index in [0.29, 0.717) is 34.3 Å². The topological polar surface area (TPSA) is 54.0 Å². The number of nitrogens with one attached hydrogen (secondary N) is 1. The molecule has 37 heavy (non-hydrogen) atoms. The summed E-state index contributed by atoms with van der Waals surface area (Å²) in [6.45, 7) is 4.75. The summed E-state index contributed by atoms with van der Waals surface area (Å²) >= 11 is 5.95. The number of likely N-dealkylation sites (tertiary alicyclic amines) is 1. The van der Waals surface area contributed by atoms with E-state index in [0.717, 1.165) is 19.5 Å². The van der Waals surface area contributed by atoms with Crippen LogP contribution in [-0.4, -0.2) is 49.8 Å². The highest BCUT2D eigenvalue weighted by atomic mass is 35.5. The summed E-state index contributed by atoms with van der Waals surface area (Å²) in [7, 11) is 0. The number of benzene rings is 3. The quantitative estimate of drug-likeness (QED) is 0.311. The summed E-state index contributed by atoms with van der Waals surface area (Å²) in [5.74, 6) is 0.934. The van der Waals surface area contributed by atoms with Crippen molar-refractivity contribution in [2.75, 3.05) is 37.6 Å². The highest BCUT2D eigenvalue weighted by Gasteiger charge is 2.43. The maximum absolute atomic E-state index is 14.2. The fourth-order valence-corrected chi connectivity index (χ4v) is 5.12. The van der Waals surface area contributed by atoms with E-state index >= 15 is 0 Å². The molecule has 2 atom stereocenters. The third-order valence-electron chi connectivity index (χ3n) is 6.81. The Morgan fingerprint density at radius 2 is 1.70 bits per heavy atom. The van der Waals surface area contributed by atoms with Crippen LogP contribution in [0.15, 0.2) is 72.8 Å². The van der Waals surface area contributed by atoms with Crippen LogP contribution in [0.3, 0.4) is 0 Å². The van der Waals surface area contributed by atoms with Crippen molar-refractivity contribution < 1.29 is 18.7 Å². The molecule has 1 amide bonds. The first-order valence-corrected chi connectivity index (χ1v) is 13.2. The van der Waals surface area contributed by atoms with E-state index < -0.39 is 18.2 Å². The lowest BCUT2D eigenvalue weighted by atomic mass is 9.99. The van der Waals surface area contributed by atoms with Crippen LogP contribution in [0, 0.1) is 5.82 Å². The minimum Gasteiger partial charge on any atom is -0.457 e. The van der Waals surface area contributed by atoms with E-state index in [4.69, 9.17) is 21.1 Å². The fraction of sp³-hybridized carbons (Fsp3) is 0.345. The minimum atomic E-state index is -0.461. The molecule has 8 heteroatoms. The van der Waals surface area contributed by atoms with Crippen LogP contribution in [0.1, 0.15) is 30.9 Å². The van der Waals surface area contributed by atoms with Gasteiger partial charge in [-0.15, -0.1) is 0 Å². The smallest absolute Gasteiger partial charge is 0.415 e. The summed E-state index contributed by atoms with van der Waals surface area (Å²) in [4.78, 5) is 17.1. The number of halogens is 2. The molecule has 0 saturated carbocycles. The second-order valence-corrected chi connectivity index (χ2v) is 9.88. The molecule has 194 valence electrons. The number of cyclic esters (lactones) is 1. The van der Waals surface area contributed by atoms with Crippen molar-refractivity contribution in [3.8, 4) is 11.5 Å². The van der Waals surface area contributed by atoms with Crippen LogP contribution < -0.4 is 15.0 Å². The van der Waals surface area contributed by atoms with Crippen LogP contribution in [0.4, 0.5) is 14.9 Å². The SMILES string of the molecule is O=C1O[C@@H](CNCCCN2CCCC2)[C@H](c2cccc(F)c2)N1c1ccc(Oc2ccc(Cl)cc2)cc1. The molecule has 0 bridgehead atoms. The number of hydrogen-bond acceptors (Lipinski definition) is 5. The first-order chi connectivity index (χ1) is 18.1. The van der Waals surface area contributed by atoms with Gasteiger partial charge in [-0.05, 0) is 112 Å². The van der Waals surface area contributed by atoms with E-state index in [2.05, 4.69) is 10.2 Å². The van der Waals surface area contributed by atoms with Gasteiger partial charge in [0, 0.05) is 17.3 Å². The predicted molar refractivity (Wildman–Crippen MR) is 143 cm³/mol. The first-order valence-electron chi connectivity index (χ1n) is 12.8. The zero-order chi connectivity index (χ0) is 25.6. The van der Waals surface area contributed by atoms with Gasteiger partial charge in [0.2, 0.25) is 0 Å². The molecule has 5 rings (SSSR count). The molecule has 1 N–H and O–H groups in total. The summed E-state index contributed by atoms with van der Waals surface area (Å²) in [6.07, 6.45) is 2.69.